The molecule has 4 heteroatoms. The maximum atomic E-state index is 11.9. The second-order valence-corrected chi connectivity index (χ2v) is 10.8. The molecule has 0 heterocycles. The molecule has 0 bridgehead atoms. The number of ether oxygens (including phenoxy) is 2. The Morgan fingerprint density at radius 3 is 2.09 bits per heavy atom. The molecule has 0 aromatic heterocycles. The lowest BCUT2D eigenvalue weighted by atomic mass is 10.1. The van der Waals surface area contributed by atoms with Crippen molar-refractivity contribution in [1.29, 1.82) is 0 Å². The Morgan fingerprint density at radius 1 is 1.09 bits per heavy atom. The van der Waals surface area contributed by atoms with Crippen molar-refractivity contribution >= 4 is 14.2 Å². The third-order valence-electron chi connectivity index (χ3n) is 4.61. The Labute approximate surface area is 135 Å². The van der Waals surface area contributed by atoms with Gasteiger partial charge in [-0.1, -0.05) is 75.8 Å². The van der Waals surface area contributed by atoms with E-state index in [9.17, 15) is 4.79 Å². The van der Waals surface area contributed by atoms with Crippen molar-refractivity contribution in [1.82, 2.24) is 0 Å². The van der Waals surface area contributed by atoms with Gasteiger partial charge in [0, 0.05) is 0 Å². The molecule has 0 aliphatic rings. The monoisotopic (exact) mass is 320 g/mol. The minimum Gasteiger partial charge on any atom is -0.435 e. The summed E-state index contributed by atoms with van der Waals surface area (Å²) < 4.78 is 10.6. The molecule has 0 saturated heterocycles. The molecule has 22 heavy (non-hydrogen) atoms. The Balaban J connectivity index is 3.14. The Morgan fingerprint density at radius 2 is 1.64 bits per heavy atom. The normalized spacial score (nSPS) is 12.5. The fourth-order valence-electron chi connectivity index (χ4n) is 2.93. The van der Waals surface area contributed by atoms with Gasteiger partial charge >= 0.3 is 6.16 Å². The highest BCUT2D eigenvalue weighted by molar-refractivity contribution is 6.86. The van der Waals surface area contributed by atoms with E-state index in [0.29, 0.717) is 6.61 Å². The predicted octanol–water partition coefficient (Wildman–Crippen LogP) is 5.50. The number of rotatable bonds is 8. The zero-order valence-corrected chi connectivity index (χ0v) is 15.2. The molecule has 0 amide bonds. The topological polar surface area (TPSA) is 35.5 Å². The maximum absolute atomic E-state index is 11.9. The summed E-state index contributed by atoms with van der Waals surface area (Å²) in [6.45, 7) is 13.1. The second kappa shape index (κ2) is 8.78. The minimum atomic E-state index is -1.68. The van der Waals surface area contributed by atoms with Crippen LogP contribution < -0.4 is 0 Å². The van der Waals surface area contributed by atoms with Crippen LogP contribution in [0.15, 0.2) is 42.1 Å². The number of benzene rings is 1. The third kappa shape index (κ3) is 4.23. The number of carbonyl (C=O) groups is 1. The van der Waals surface area contributed by atoms with Crippen molar-refractivity contribution in [2.75, 3.05) is 6.61 Å². The summed E-state index contributed by atoms with van der Waals surface area (Å²) in [4.78, 5) is 11.9. The van der Waals surface area contributed by atoms with Gasteiger partial charge < -0.3 is 9.47 Å². The van der Waals surface area contributed by atoms with Gasteiger partial charge in [0.1, 0.15) is 6.10 Å². The van der Waals surface area contributed by atoms with E-state index in [4.69, 9.17) is 9.47 Å². The molecule has 0 aliphatic heterocycles. The number of carbonyl (C=O) groups excluding carboxylic acids is 1. The second-order valence-electron chi connectivity index (χ2n) is 5.46. The van der Waals surface area contributed by atoms with Crippen molar-refractivity contribution in [2.45, 2.75) is 51.9 Å². The lowest BCUT2D eigenvalue weighted by Crippen LogP contribution is -2.38. The van der Waals surface area contributed by atoms with Crippen molar-refractivity contribution in [3.63, 3.8) is 0 Å². The molecule has 1 rings (SSSR count). The quantitative estimate of drug-likeness (QED) is 0.468. The van der Waals surface area contributed by atoms with Gasteiger partial charge in [-0.2, -0.15) is 0 Å². The average molecular weight is 321 g/mol. The average Bonchev–Trinajstić information content (AvgIpc) is 2.55. The van der Waals surface area contributed by atoms with Crippen LogP contribution >= 0.6 is 0 Å². The third-order valence-corrected chi connectivity index (χ3v) is 10.3. The summed E-state index contributed by atoms with van der Waals surface area (Å²) >= 11 is 0. The van der Waals surface area contributed by atoms with Gasteiger partial charge in [-0.25, -0.2) is 4.79 Å². The molecule has 1 aromatic rings. The summed E-state index contributed by atoms with van der Waals surface area (Å²) in [5, 5.41) is 1.08. The Bertz CT molecular complexity index is 472. The van der Waals surface area contributed by atoms with Gasteiger partial charge in [-0.05, 0) is 17.7 Å². The zero-order chi connectivity index (χ0) is 16.6. The summed E-state index contributed by atoms with van der Waals surface area (Å²) in [5.41, 5.74) is 0.966. The van der Waals surface area contributed by atoms with E-state index >= 15 is 0 Å². The van der Waals surface area contributed by atoms with Crippen LogP contribution in [0.2, 0.25) is 18.1 Å². The minimum absolute atomic E-state index is 0.310. The van der Waals surface area contributed by atoms with E-state index in [0.717, 1.165) is 28.9 Å². The first-order chi connectivity index (χ1) is 10.5. The van der Waals surface area contributed by atoms with Crippen LogP contribution in [-0.4, -0.2) is 20.8 Å². The van der Waals surface area contributed by atoms with Crippen LogP contribution in [0, 0.1) is 0 Å². The number of hydrogen-bond acceptors (Lipinski definition) is 3. The largest absolute Gasteiger partial charge is 0.509 e. The van der Waals surface area contributed by atoms with Gasteiger partial charge in [0.05, 0.1) is 14.7 Å². The van der Waals surface area contributed by atoms with Crippen LogP contribution in [0.4, 0.5) is 4.79 Å². The summed E-state index contributed by atoms with van der Waals surface area (Å²) in [5.74, 6) is 0. The summed E-state index contributed by atoms with van der Waals surface area (Å²) in [6.07, 6.45) is -1.03. The highest BCUT2D eigenvalue weighted by Crippen LogP contribution is 2.37. The lowest BCUT2D eigenvalue weighted by Gasteiger charge is -2.35. The fourth-order valence-corrected chi connectivity index (χ4v) is 6.57. The molecule has 0 spiro atoms. The SMILES string of the molecule is C=C(C(OC(=O)OCC)c1ccccc1)[Si](CC)(CC)CC. The molecule has 0 aliphatic carbocycles. The highest BCUT2D eigenvalue weighted by atomic mass is 28.3. The first kappa shape index (κ1) is 18.5. The van der Waals surface area contributed by atoms with Crippen molar-refractivity contribution in [3.05, 3.63) is 47.7 Å². The smallest absolute Gasteiger partial charge is 0.435 e. The van der Waals surface area contributed by atoms with Gasteiger partial charge in [-0.3, -0.25) is 0 Å². The molecule has 1 aromatic carbocycles. The van der Waals surface area contributed by atoms with E-state index in [1.807, 2.05) is 30.3 Å². The van der Waals surface area contributed by atoms with Gasteiger partial charge in [-0.15, -0.1) is 0 Å². The van der Waals surface area contributed by atoms with E-state index in [1.165, 1.54) is 0 Å². The van der Waals surface area contributed by atoms with E-state index in [2.05, 4.69) is 27.4 Å². The van der Waals surface area contributed by atoms with Crippen molar-refractivity contribution < 1.29 is 14.3 Å². The van der Waals surface area contributed by atoms with Crippen molar-refractivity contribution in [2.24, 2.45) is 0 Å². The van der Waals surface area contributed by atoms with Gasteiger partial charge in [0.2, 0.25) is 0 Å². The van der Waals surface area contributed by atoms with Crippen LogP contribution in [0.5, 0.6) is 0 Å². The predicted molar refractivity (Wildman–Crippen MR) is 93.6 cm³/mol. The molecule has 0 radical (unpaired) electrons. The standard InChI is InChI=1S/C18H28O3Si/c1-6-20-18(19)21-17(16-13-11-10-12-14-16)15(5)22(7-2,8-3)9-4/h10-14,17H,5-9H2,1-4H3. The Hall–Kier alpha value is -1.55. The molecule has 3 nitrogen and oxygen atoms in total. The molecule has 0 saturated carbocycles. The number of hydrogen-bond donors (Lipinski definition) is 0. The van der Waals surface area contributed by atoms with Crippen LogP contribution in [-0.2, 0) is 9.47 Å². The molecular formula is C18H28O3Si. The molecule has 1 unspecified atom stereocenters. The first-order valence-corrected chi connectivity index (χ1v) is 10.7. The van der Waals surface area contributed by atoms with E-state index in [-0.39, 0.29) is 0 Å². The Kier molecular flexibility index (Phi) is 7.39. The molecule has 0 fully saturated rings. The van der Waals surface area contributed by atoms with Gasteiger partial charge in [0.25, 0.3) is 0 Å². The van der Waals surface area contributed by atoms with E-state index < -0.39 is 20.3 Å². The van der Waals surface area contributed by atoms with Gasteiger partial charge in [0.15, 0.2) is 0 Å². The fraction of sp³-hybridized carbons (Fsp3) is 0.500. The zero-order valence-electron chi connectivity index (χ0n) is 14.2. The lowest BCUT2D eigenvalue weighted by molar-refractivity contribution is 0.0385. The molecule has 0 N–H and O–H groups in total. The van der Waals surface area contributed by atoms with Crippen LogP contribution in [0.1, 0.15) is 39.4 Å². The van der Waals surface area contributed by atoms with E-state index in [1.54, 1.807) is 6.92 Å². The van der Waals surface area contributed by atoms with Crippen LogP contribution in [0.25, 0.3) is 0 Å². The molecule has 122 valence electrons. The van der Waals surface area contributed by atoms with Crippen molar-refractivity contribution in [3.8, 4) is 0 Å². The first-order valence-electron chi connectivity index (χ1n) is 8.12. The molecule has 1 atom stereocenters. The highest BCUT2D eigenvalue weighted by Gasteiger charge is 2.37. The summed E-state index contributed by atoms with van der Waals surface area (Å²) in [6, 6.07) is 13.1. The maximum Gasteiger partial charge on any atom is 0.509 e. The summed E-state index contributed by atoms with van der Waals surface area (Å²) in [7, 11) is -1.68. The van der Waals surface area contributed by atoms with Crippen LogP contribution in [0.3, 0.4) is 0 Å². The molecular weight excluding hydrogens is 292 g/mol.